The summed E-state index contributed by atoms with van der Waals surface area (Å²) in [7, 11) is 2.25. The number of piperidine rings is 1. The van der Waals surface area contributed by atoms with Gasteiger partial charge in [-0.05, 0) is 57.1 Å². The summed E-state index contributed by atoms with van der Waals surface area (Å²) in [5.41, 5.74) is 0.205. The van der Waals surface area contributed by atoms with Gasteiger partial charge in [0.1, 0.15) is 5.60 Å². The van der Waals surface area contributed by atoms with E-state index >= 15 is 0 Å². The van der Waals surface area contributed by atoms with E-state index in [-0.39, 0.29) is 6.10 Å². The van der Waals surface area contributed by atoms with E-state index in [1.807, 2.05) is 18.2 Å². The van der Waals surface area contributed by atoms with Crippen LogP contribution in [0.5, 0.6) is 0 Å². The Morgan fingerprint density at radius 3 is 2.50 bits per heavy atom. The van der Waals surface area contributed by atoms with Crippen LogP contribution in [-0.2, 0) is 10.3 Å². The van der Waals surface area contributed by atoms with E-state index in [0.29, 0.717) is 18.6 Å². The van der Waals surface area contributed by atoms with Gasteiger partial charge in [0.05, 0.1) is 12.7 Å². The molecule has 3 aliphatic rings. The molecule has 3 heteroatoms. The van der Waals surface area contributed by atoms with Gasteiger partial charge in [-0.1, -0.05) is 43.2 Å². The minimum absolute atomic E-state index is 0.283. The van der Waals surface area contributed by atoms with Crippen molar-refractivity contribution in [2.24, 2.45) is 5.92 Å². The topological polar surface area (TPSA) is 32.7 Å². The van der Waals surface area contributed by atoms with Gasteiger partial charge in [0, 0.05) is 12.1 Å². The highest BCUT2D eigenvalue weighted by molar-refractivity contribution is 5.24. The zero-order valence-corrected chi connectivity index (χ0v) is 14.9. The Hall–Kier alpha value is -0.900. The molecule has 3 unspecified atom stereocenters. The number of hydrogen-bond donors (Lipinski definition) is 1. The van der Waals surface area contributed by atoms with E-state index in [1.165, 1.54) is 32.1 Å². The van der Waals surface area contributed by atoms with E-state index in [2.05, 4.69) is 24.1 Å². The van der Waals surface area contributed by atoms with Gasteiger partial charge in [0.15, 0.2) is 0 Å². The zero-order valence-electron chi connectivity index (χ0n) is 14.9. The third-order valence-corrected chi connectivity index (χ3v) is 6.93. The lowest BCUT2D eigenvalue weighted by Gasteiger charge is -2.40. The van der Waals surface area contributed by atoms with Gasteiger partial charge in [-0.2, -0.15) is 0 Å². The lowest BCUT2D eigenvalue weighted by molar-refractivity contribution is -0.129. The Morgan fingerprint density at radius 1 is 1.04 bits per heavy atom. The lowest BCUT2D eigenvalue weighted by atomic mass is 9.80. The summed E-state index contributed by atoms with van der Waals surface area (Å²) in [6.07, 6.45) is 9.93. The van der Waals surface area contributed by atoms with Gasteiger partial charge >= 0.3 is 0 Å². The highest BCUT2D eigenvalue weighted by Crippen LogP contribution is 2.42. The number of fused-ring (bicyclic) bond motifs is 2. The lowest BCUT2D eigenvalue weighted by Crippen LogP contribution is -2.48. The van der Waals surface area contributed by atoms with Crippen LogP contribution in [0.2, 0.25) is 0 Å². The molecule has 1 saturated carbocycles. The predicted octanol–water partition coefficient (Wildman–Crippen LogP) is 3.71. The van der Waals surface area contributed by atoms with Crippen molar-refractivity contribution in [3.8, 4) is 0 Å². The summed E-state index contributed by atoms with van der Waals surface area (Å²) in [5.74, 6) is 0.331. The van der Waals surface area contributed by atoms with E-state index in [1.54, 1.807) is 0 Å². The van der Waals surface area contributed by atoms with E-state index in [4.69, 9.17) is 4.74 Å². The maximum Gasteiger partial charge on any atom is 0.116 e. The SMILES string of the molecule is CN1C2CCC1[C@H](OCC(O)(c1ccccc1)C1CCCC1)CC2. The molecule has 2 heterocycles. The molecular formula is C21H31NO2. The summed E-state index contributed by atoms with van der Waals surface area (Å²) in [6.45, 7) is 0.446. The third-order valence-electron chi connectivity index (χ3n) is 6.93. The first kappa shape index (κ1) is 16.6. The molecule has 1 N–H and O–H groups in total. The summed E-state index contributed by atoms with van der Waals surface area (Å²) in [5, 5.41) is 11.6. The molecule has 2 aliphatic heterocycles. The number of aliphatic hydroxyl groups is 1. The van der Waals surface area contributed by atoms with Gasteiger partial charge < -0.3 is 9.84 Å². The first-order valence-electron chi connectivity index (χ1n) is 9.80. The molecule has 24 heavy (non-hydrogen) atoms. The molecule has 1 aromatic rings. The number of ether oxygens (including phenoxy) is 1. The minimum Gasteiger partial charge on any atom is -0.382 e. The highest BCUT2D eigenvalue weighted by atomic mass is 16.5. The Balaban J connectivity index is 1.50. The fourth-order valence-corrected chi connectivity index (χ4v) is 5.38. The highest BCUT2D eigenvalue weighted by Gasteiger charge is 2.44. The molecular weight excluding hydrogens is 298 g/mol. The van der Waals surface area contributed by atoms with Crippen LogP contribution >= 0.6 is 0 Å². The second kappa shape index (κ2) is 6.78. The number of nitrogens with zero attached hydrogens (tertiary/aromatic N) is 1. The van der Waals surface area contributed by atoms with Gasteiger partial charge in [0.25, 0.3) is 0 Å². The van der Waals surface area contributed by atoms with Crippen molar-refractivity contribution in [2.45, 2.75) is 75.2 Å². The second-order valence-corrected chi connectivity index (χ2v) is 8.16. The standard InChI is InChI=1S/C21H31NO2/c1-22-18-11-13-19(22)20(14-12-18)24-15-21(23,17-9-5-6-10-17)16-7-3-2-4-8-16/h2-4,7-8,17-20,23H,5-6,9-15H2,1H3/t18?,19?,20-,21?/m1/s1. The zero-order chi connectivity index (χ0) is 16.6. The van der Waals surface area contributed by atoms with Crippen LogP contribution in [0.15, 0.2) is 30.3 Å². The van der Waals surface area contributed by atoms with Crippen molar-refractivity contribution >= 4 is 0 Å². The first-order chi connectivity index (χ1) is 11.7. The normalized spacial score (nSPS) is 33.7. The van der Waals surface area contributed by atoms with E-state index in [0.717, 1.165) is 30.9 Å². The third kappa shape index (κ3) is 2.91. The number of hydrogen-bond acceptors (Lipinski definition) is 3. The minimum atomic E-state index is -0.828. The molecule has 4 atom stereocenters. The molecule has 3 fully saturated rings. The maximum absolute atomic E-state index is 11.6. The smallest absolute Gasteiger partial charge is 0.116 e. The Bertz CT molecular complexity index is 542. The molecule has 0 spiro atoms. The van der Waals surface area contributed by atoms with Gasteiger partial charge in [0.2, 0.25) is 0 Å². The van der Waals surface area contributed by atoms with Crippen LogP contribution in [0.1, 0.15) is 56.9 Å². The van der Waals surface area contributed by atoms with Crippen molar-refractivity contribution in [1.82, 2.24) is 4.90 Å². The summed E-state index contributed by atoms with van der Waals surface area (Å²) >= 11 is 0. The fourth-order valence-electron chi connectivity index (χ4n) is 5.38. The monoisotopic (exact) mass is 329 g/mol. The molecule has 1 aliphatic carbocycles. The molecule has 4 rings (SSSR count). The van der Waals surface area contributed by atoms with E-state index < -0.39 is 5.60 Å². The average molecular weight is 329 g/mol. The second-order valence-electron chi connectivity index (χ2n) is 8.16. The van der Waals surface area contributed by atoms with Crippen LogP contribution in [0.4, 0.5) is 0 Å². The van der Waals surface area contributed by atoms with Crippen LogP contribution in [0.3, 0.4) is 0 Å². The Kier molecular flexibility index (Phi) is 4.68. The summed E-state index contributed by atoms with van der Waals surface area (Å²) in [4.78, 5) is 2.52. The Morgan fingerprint density at radius 2 is 1.75 bits per heavy atom. The summed E-state index contributed by atoms with van der Waals surface area (Å²) < 4.78 is 6.42. The molecule has 2 bridgehead atoms. The summed E-state index contributed by atoms with van der Waals surface area (Å²) in [6, 6.07) is 11.5. The van der Waals surface area contributed by atoms with Crippen molar-refractivity contribution in [3.05, 3.63) is 35.9 Å². The quantitative estimate of drug-likeness (QED) is 0.894. The first-order valence-corrected chi connectivity index (χ1v) is 9.80. The van der Waals surface area contributed by atoms with Crippen LogP contribution in [0, 0.1) is 5.92 Å². The molecule has 2 saturated heterocycles. The molecule has 0 amide bonds. The van der Waals surface area contributed by atoms with Gasteiger partial charge in [-0.15, -0.1) is 0 Å². The number of likely N-dealkylation sites (N-methyl/N-ethyl adjacent to an activating group) is 1. The van der Waals surface area contributed by atoms with Gasteiger partial charge in [-0.25, -0.2) is 0 Å². The van der Waals surface area contributed by atoms with Crippen molar-refractivity contribution < 1.29 is 9.84 Å². The van der Waals surface area contributed by atoms with Gasteiger partial charge in [-0.3, -0.25) is 4.90 Å². The van der Waals surface area contributed by atoms with Crippen molar-refractivity contribution in [3.63, 3.8) is 0 Å². The molecule has 0 aromatic heterocycles. The van der Waals surface area contributed by atoms with E-state index in [9.17, 15) is 5.11 Å². The predicted molar refractivity (Wildman–Crippen MR) is 95.8 cm³/mol. The van der Waals surface area contributed by atoms with Crippen LogP contribution in [0.25, 0.3) is 0 Å². The maximum atomic E-state index is 11.6. The number of benzene rings is 1. The van der Waals surface area contributed by atoms with Crippen LogP contribution < -0.4 is 0 Å². The Labute approximate surface area is 146 Å². The fraction of sp³-hybridized carbons (Fsp3) is 0.714. The molecule has 3 nitrogen and oxygen atoms in total. The van der Waals surface area contributed by atoms with Crippen molar-refractivity contribution in [1.29, 1.82) is 0 Å². The van der Waals surface area contributed by atoms with Crippen molar-refractivity contribution in [2.75, 3.05) is 13.7 Å². The molecule has 132 valence electrons. The molecule has 1 aromatic carbocycles. The number of rotatable bonds is 5. The molecule has 0 radical (unpaired) electrons. The average Bonchev–Trinajstić information content (AvgIpc) is 3.22. The largest absolute Gasteiger partial charge is 0.382 e. The van der Waals surface area contributed by atoms with Crippen LogP contribution in [-0.4, -0.2) is 41.8 Å².